The molecule has 1 unspecified atom stereocenters. The number of carbonyl (C=O) groups excluding carboxylic acids is 1. The summed E-state index contributed by atoms with van der Waals surface area (Å²) in [6, 6.07) is 1.99. The van der Waals surface area contributed by atoms with Gasteiger partial charge in [0.1, 0.15) is 10.9 Å². The van der Waals surface area contributed by atoms with Crippen LogP contribution in [0.3, 0.4) is 0 Å². The van der Waals surface area contributed by atoms with Gasteiger partial charge in [0.15, 0.2) is 21.5 Å². The summed E-state index contributed by atoms with van der Waals surface area (Å²) >= 11 is 2.92. The van der Waals surface area contributed by atoms with Gasteiger partial charge >= 0.3 is 0 Å². The topological polar surface area (TPSA) is 63.2 Å². The standard InChI is InChI=1S/C12H12BrF2NO3S/c13-7-5-8(14)11(9(15)6-7)16-12(17)10-3-1-2-4-20(10,18)19/h5-6,10H,1-4H2,(H,16,17). The van der Waals surface area contributed by atoms with E-state index in [1.165, 1.54) is 0 Å². The zero-order valence-corrected chi connectivity index (χ0v) is 12.7. The first-order valence-electron chi connectivity index (χ1n) is 5.98. The lowest BCUT2D eigenvalue weighted by Crippen LogP contribution is -2.39. The third kappa shape index (κ3) is 3.17. The molecule has 1 N–H and O–H groups in total. The first kappa shape index (κ1) is 15.4. The zero-order chi connectivity index (χ0) is 14.9. The van der Waals surface area contributed by atoms with E-state index in [1.54, 1.807) is 0 Å². The van der Waals surface area contributed by atoms with E-state index in [0.29, 0.717) is 12.8 Å². The maximum Gasteiger partial charge on any atom is 0.242 e. The molecule has 20 heavy (non-hydrogen) atoms. The third-order valence-electron chi connectivity index (χ3n) is 3.13. The summed E-state index contributed by atoms with van der Waals surface area (Å²) in [4.78, 5) is 11.9. The first-order chi connectivity index (χ1) is 9.31. The summed E-state index contributed by atoms with van der Waals surface area (Å²) in [6.07, 6.45) is 1.28. The van der Waals surface area contributed by atoms with Gasteiger partial charge in [-0.25, -0.2) is 17.2 Å². The van der Waals surface area contributed by atoms with Crippen molar-refractivity contribution in [1.82, 2.24) is 0 Å². The van der Waals surface area contributed by atoms with Crippen molar-refractivity contribution in [3.8, 4) is 0 Å². The molecule has 110 valence electrons. The number of nitrogens with one attached hydrogen (secondary N) is 1. The monoisotopic (exact) mass is 367 g/mol. The maximum absolute atomic E-state index is 13.6. The molecule has 8 heteroatoms. The van der Waals surface area contributed by atoms with Crippen molar-refractivity contribution in [1.29, 1.82) is 0 Å². The van der Waals surface area contributed by atoms with Gasteiger partial charge in [-0.1, -0.05) is 22.4 Å². The van der Waals surface area contributed by atoms with Crippen LogP contribution in [0.5, 0.6) is 0 Å². The van der Waals surface area contributed by atoms with E-state index >= 15 is 0 Å². The molecular weight excluding hydrogens is 356 g/mol. The van der Waals surface area contributed by atoms with E-state index in [1.807, 2.05) is 5.32 Å². The summed E-state index contributed by atoms with van der Waals surface area (Å²) in [5.74, 6) is -2.88. The molecule has 1 saturated heterocycles. The van der Waals surface area contributed by atoms with Crippen molar-refractivity contribution < 1.29 is 22.0 Å². The molecule has 1 aliphatic rings. The van der Waals surface area contributed by atoms with Crippen LogP contribution in [0.1, 0.15) is 19.3 Å². The predicted molar refractivity (Wildman–Crippen MR) is 74.1 cm³/mol. The van der Waals surface area contributed by atoms with Gasteiger partial charge in [-0.3, -0.25) is 4.79 Å². The number of sulfone groups is 1. The Morgan fingerprint density at radius 1 is 1.25 bits per heavy atom. The van der Waals surface area contributed by atoms with E-state index in [4.69, 9.17) is 0 Å². The van der Waals surface area contributed by atoms with Gasteiger partial charge in [-0.05, 0) is 25.0 Å². The second-order valence-electron chi connectivity index (χ2n) is 4.59. The number of hydrogen-bond donors (Lipinski definition) is 1. The molecule has 2 rings (SSSR count). The minimum atomic E-state index is -3.54. The molecule has 1 aromatic rings. The van der Waals surface area contributed by atoms with Crippen LogP contribution in [0.25, 0.3) is 0 Å². The molecule has 0 spiro atoms. The van der Waals surface area contributed by atoms with Crippen molar-refractivity contribution in [3.05, 3.63) is 28.2 Å². The average Bonchev–Trinajstić information content (AvgIpc) is 2.32. The fourth-order valence-corrected chi connectivity index (χ4v) is 4.32. The van der Waals surface area contributed by atoms with Crippen LogP contribution in [-0.2, 0) is 14.6 Å². The average molecular weight is 368 g/mol. The van der Waals surface area contributed by atoms with E-state index in [0.717, 1.165) is 12.1 Å². The lowest BCUT2D eigenvalue weighted by Gasteiger charge is -2.21. The Balaban J connectivity index is 2.24. The van der Waals surface area contributed by atoms with Crippen molar-refractivity contribution in [2.24, 2.45) is 0 Å². The summed E-state index contributed by atoms with van der Waals surface area (Å²) in [5, 5.41) is 0.805. The zero-order valence-electron chi connectivity index (χ0n) is 10.3. The Morgan fingerprint density at radius 2 is 1.85 bits per heavy atom. The summed E-state index contributed by atoms with van der Waals surface area (Å²) < 4.78 is 50.9. The molecule has 1 amide bonds. The number of halogens is 3. The Bertz CT molecular complexity index is 625. The van der Waals surface area contributed by atoms with Crippen LogP contribution < -0.4 is 5.32 Å². The van der Waals surface area contributed by atoms with Gasteiger partial charge in [0.25, 0.3) is 0 Å². The lowest BCUT2D eigenvalue weighted by atomic mass is 10.1. The molecule has 1 fully saturated rings. The van der Waals surface area contributed by atoms with E-state index in [-0.39, 0.29) is 16.6 Å². The molecule has 0 aromatic heterocycles. The maximum atomic E-state index is 13.6. The summed E-state index contributed by atoms with van der Waals surface area (Å²) in [5.41, 5.74) is -0.626. The second kappa shape index (κ2) is 5.77. The van der Waals surface area contributed by atoms with E-state index in [2.05, 4.69) is 15.9 Å². The number of anilines is 1. The largest absolute Gasteiger partial charge is 0.320 e. The highest BCUT2D eigenvalue weighted by Crippen LogP contribution is 2.26. The highest BCUT2D eigenvalue weighted by molar-refractivity contribution is 9.10. The van der Waals surface area contributed by atoms with E-state index in [9.17, 15) is 22.0 Å². The Labute approximate surface area is 123 Å². The molecule has 0 saturated carbocycles. The third-order valence-corrected chi connectivity index (χ3v) is 5.76. The molecule has 4 nitrogen and oxygen atoms in total. The van der Waals surface area contributed by atoms with Crippen LogP contribution in [0.15, 0.2) is 16.6 Å². The lowest BCUT2D eigenvalue weighted by molar-refractivity contribution is -0.116. The predicted octanol–water partition coefficient (Wildman–Crippen LogP) is 2.63. The minimum Gasteiger partial charge on any atom is -0.320 e. The smallest absolute Gasteiger partial charge is 0.242 e. The van der Waals surface area contributed by atoms with Crippen LogP contribution in [-0.4, -0.2) is 25.3 Å². The second-order valence-corrected chi connectivity index (χ2v) is 7.80. The van der Waals surface area contributed by atoms with Crippen molar-refractivity contribution >= 4 is 37.4 Å². The molecular formula is C12H12BrF2NO3S. The van der Waals surface area contributed by atoms with Crippen LogP contribution in [0, 0.1) is 11.6 Å². The van der Waals surface area contributed by atoms with Gasteiger partial charge < -0.3 is 5.32 Å². The van der Waals surface area contributed by atoms with Crippen molar-refractivity contribution in [2.45, 2.75) is 24.5 Å². The van der Waals surface area contributed by atoms with Crippen molar-refractivity contribution in [2.75, 3.05) is 11.1 Å². The van der Waals surface area contributed by atoms with Gasteiger partial charge in [0, 0.05) is 4.47 Å². The number of hydrogen-bond acceptors (Lipinski definition) is 3. The molecule has 1 aromatic carbocycles. The quantitative estimate of drug-likeness (QED) is 0.873. The van der Waals surface area contributed by atoms with Gasteiger partial charge in [0.05, 0.1) is 5.75 Å². The molecule has 0 aliphatic carbocycles. The molecule has 0 bridgehead atoms. The fraction of sp³-hybridized carbons (Fsp3) is 0.417. The van der Waals surface area contributed by atoms with Crippen LogP contribution >= 0.6 is 15.9 Å². The van der Waals surface area contributed by atoms with Gasteiger partial charge in [0.2, 0.25) is 5.91 Å². The summed E-state index contributed by atoms with van der Waals surface area (Å²) in [6.45, 7) is 0. The Hall–Kier alpha value is -1.02. The number of carbonyl (C=O) groups is 1. The minimum absolute atomic E-state index is 0.0730. The van der Waals surface area contributed by atoms with Crippen LogP contribution in [0.4, 0.5) is 14.5 Å². The fourth-order valence-electron chi connectivity index (χ4n) is 2.11. The number of rotatable bonds is 2. The SMILES string of the molecule is O=C(Nc1c(F)cc(Br)cc1F)C1CCCCS1(=O)=O. The van der Waals surface area contributed by atoms with Crippen molar-refractivity contribution in [3.63, 3.8) is 0 Å². The first-order valence-corrected chi connectivity index (χ1v) is 8.49. The Morgan fingerprint density at radius 3 is 2.40 bits per heavy atom. The highest BCUT2D eigenvalue weighted by Gasteiger charge is 2.35. The molecule has 1 heterocycles. The number of benzene rings is 1. The Kier molecular flexibility index (Phi) is 4.43. The van der Waals surface area contributed by atoms with Gasteiger partial charge in [-0.15, -0.1) is 0 Å². The molecule has 1 aliphatic heterocycles. The molecule has 0 radical (unpaired) electrons. The number of amides is 1. The van der Waals surface area contributed by atoms with E-state index < -0.39 is 38.3 Å². The van der Waals surface area contributed by atoms with Gasteiger partial charge in [-0.2, -0.15) is 0 Å². The summed E-state index contributed by atoms with van der Waals surface area (Å²) in [7, 11) is -3.54. The molecule has 1 atom stereocenters. The van der Waals surface area contributed by atoms with Crippen LogP contribution in [0.2, 0.25) is 0 Å². The highest BCUT2D eigenvalue weighted by atomic mass is 79.9. The normalized spacial score (nSPS) is 21.4.